The van der Waals surface area contributed by atoms with Gasteiger partial charge >= 0.3 is 0 Å². The van der Waals surface area contributed by atoms with Crippen molar-refractivity contribution in [2.24, 2.45) is 5.73 Å². The second kappa shape index (κ2) is 4.27. The molecular weight excluding hydrogens is 216 g/mol. The number of aryl methyl sites for hydroxylation is 1. The number of carbonyl (C=O) groups excluding carboxylic acids is 1. The van der Waals surface area contributed by atoms with Crippen molar-refractivity contribution in [1.82, 2.24) is 15.0 Å². The van der Waals surface area contributed by atoms with Gasteiger partial charge in [-0.2, -0.15) is 0 Å². The molecule has 0 aliphatic rings. The molecule has 0 saturated heterocycles. The van der Waals surface area contributed by atoms with E-state index < -0.39 is 5.91 Å². The molecule has 1 amide bonds. The highest BCUT2D eigenvalue weighted by Gasteiger charge is 2.06. The number of benzene rings is 1. The number of hydrogen-bond acceptors (Lipinski definition) is 3. The van der Waals surface area contributed by atoms with E-state index in [0.29, 0.717) is 5.56 Å². The van der Waals surface area contributed by atoms with Gasteiger partial charge in [-0.15, -0.1) is 17.5 Å². The van der Waals surface area contributed by atoms with E-state index in [2.05, 4.69) is 10.3 Å². The minimum absolute atomic E-state index is 0. The van der Waals surface area contributed by atoms with E-state index in [-0.39, 0.29) is 12.4 Å². The first kappa shape index (κ1) is 11.5. The maximum Gasteiger partial charge on any atom is 0.248 e. The molecule has 0 bridgehead atoms. The third-order valence-corrected chi connectivity index (χ3v) is 2.10. The van der Waals surface area contributed by atoms with Gasteiger partial charge in [0.05, 0.1) is 5.52 Å². The number of primary amides is 1. The van der Waals surface area contributed by atoms with Crippen LogP contribution in [0.15, 0.2) is 18.2 Å². The van der Waals surface area contributed by atoms with Crippen LogP contribution in [0.25, 0.3) is 11.0 Å². The van der Waals surface area contributed by atoms with Crippen LogP contribution in [0.1, 0.15) is 17.3 Å². The van der Waals surface area contributed by atoms with Crippen LogP contribution in [0.5, 0.6) is 0 Å². The Morgan fingerprint density at radius 3 is 2.87 bits per heavy atom. The molecule has 1 aromatic heterocycles. The fraction of sp³-hybridized carbons (Fsp3) is 0.222. The van der Waals surface area contributed by atoms with Crippen LogP contribution in [-0.4, -0.2) is 20.9 Å². The minimum Gasteiger partial charge on any atom is -0.366 e. The molecule has 6 heteroatoms. The molecule has 1 aromatic carbocycles. The lowest BCUT2D eigenvalue weighted by molar-refractivity contribution is 0.100. The number of hydrogen-bond donors (Lipinski definition) is 1. The molecule has 80 valence electrons. The number of amides is 1. The van der Waals surface area contributed by atoms with E-state index in [1.165, 1.54) is 0 Å². The number of rotatable bonds is 2. The molecule has 0 saturated carbocycles. The van der Waals surface area contributed by atoms with Crippen molar-refractivity contribution >= 4 is 29.3 Å². The molecule has 0 aliphatic heterocycles. The quantitative estimate of drug-likeness (QED) is 0.829. The highest BCUT2D eigenvalue weighted by Crippen LogP contribution is 2.12. The largest absolute Gasteiger partial charge is 0.366 e. The van der Waals surface area contributed by atoms with Crippen LogP contribution < -0.4 is 5.73 Å². The molecule has 2 rings (SSSR count). The lowest BCUT2D eigenvalue weighted by atomic mass is 10.2. The Hall–Kier alpha value is -1.62. The van der Waals surface area contributed by atoms with E-state index in [1.807, 2.05) is 6.92 Å². The van der Waals surface area contributed by atoms with E-state index in [0.717, 1.165) is 17.6 Å². The Balaban J connectivity index is 0.00000112. The first-order valence-corrected chi connectivity index (χ1v) is 4.35. The van der Waals surface area contributed by atoms with Gasteiger partial charge in [-0.05, 0) is 25.1 Å². The van der Waals surface area contributed by atoms with Crippen molar-refractivity contribution in [2.45, 2.75) is 13.5 Å². The molecule has 0 atom stereocenters. The summed E-state index contributed by atoms with van der Waals surface area (Å²) in [7, 11) is 0. The molecule has 15 heavy (non-hydrogen) atoms. The normalized spacial score (nSPS) is 9.93. The molecule has 0 unspecified atom stereocenters. The Morgan fingerprint density at radius 2 is 2.27 bits per heavy atom. The Kier molecular flexibility index (Phi) is 3.26. The molecule has 1 heterocycles. The molecule has 0 fully saturated rings. The van der Waals surface area contributed by atoms with Crippen molar-refractivity contribution in [3.8, 4) is 0 Å². The maximum absolute atomic E-state index is 10.9. The van der Waals surface area contributed by atoms with Gasteiger partial charge in [0.25, 0.3) is 0 Å². The minimum atomic E-state index is -0.434. The number of halogens is 1. The topological polar surface area (TPSA) is 73.8 Å². The average molecular weight is 227 g/mol. The van der Waals surface area contributed by atoms with Crippen molar-refractivity contribution in [3.05, 3.63) is 23.8 Å². The second-order valence-corrected chi connectivity index (χ2v) is 2.97. The number of carbonyl (C=O) groups is 1. The van der Waals surface area contributed by atoms with Gasteiger partial charge in [-0.1, -0.05) is 5.21 Å². The zero-order valence-electron chi connectivity index (χ0n) is 8.17. The smallest absolute Gasteiger partial charge is 0.248 e. The fourth-order valence-electron chi connectivity index (χ4n) is 1.35. The number of nitrogens with two attached hydrogens (primary N) is 1. The van der Waals surface area contributed by atoms with Crippen molar-refractivity contribution in [1.29, 1.82) is 0 Å². The van der Waals surface area contributed by atoms with E-state index in [4.69, 9.17) is 5.73 Å². The number of fused-ring (bicyclic) bond motifs is 1. The Bertz CT molecular complexity index is 494. The van der Waals surface area contributed by atoms with Gasteiger partial charge in [-0.25, -0.2) is 4.68 Å². The van der Waals surface area contributed by atoms with E-state index in [9.17, 15) is 4.79 Å². The Morgan fingerprint density at radius 1 is 1.53 bits per heavy atom. The summed E-state index contributed by atoms with van der Waals surface area (Å²) in [6.45, 7) is 2.68. The van der Waals surface area contributed by atoms with Crippen LogP contribution in [0.4, 0.5) is 0 Å². The lowest BCUT2D eigenvalue weighted by Gasteiger charge is -1.97. The highest BCUT2D eigenvalue weighted by atomic mass is 35.5. The SMILES string of the molecule is CCn1nnc2ccc(C(N)=O)cc21.Cl. The average Bonchev–Trinajstić information content (AvgIpc) is 2.59. The molecule has 2 aromatic rings. The van der Waals surface area contributed by atoms with Gasteiger partial charge in [0, 0.05) is 12.1 Å². The van der Waals surface area contributed by atoms with Crippen molar-refractivity contribution < 1.29 is 4.79 Å². The summed E-state index contributed by atoms with van der Waals surface area (Å²) >= 11 is 0. The van der Waals surface area contributed by atoms with Crippen LogP contribution >= 0.6 is 12.4 Å². The van der Waals surface area contributed by atoms with Crippen molar-refractivity contribution in [3.63, 3.8) is 0 Å². The predicted octanol–water partition coefficient (Wildman–Crippen LogP) is 0.972. The summed E-state index contributed by atoms with van der Waals surface area (Å²) in [5.74, 6) is -0.434. The summed E-state index contributed by atoms with van der Waals surface area (Å²) < 4.78 is 1.72. The summed E-state index contributed by atoms with van der Waals surface area (Å²) in [6.07, 6.45) is 0. The van der Waals surface area contributed by atoms with Crippen molar-refractivity contribution in [2.75, 3.05) is 0 Å². The van der Waals surface area contributed by atoms with Crippen LogP contribution in [-0.2, 0) is 6.54 Å². The van der Waals surface area contributed by atoms with Gasteiger partial charge in [0.15, 0.2) is 0 Å². The predicted molar refractivity (Wildman–Crippen MR) is 59.0 cm³/mol. The van der Waals surface area contributed by atoms with E-state index in [1.54, 1.807) is 22.9 Å². The van der Waals surface area contributed by atoms with Crippen LogP contribution in [0.2, 0.25) is 0 Å². The molecule has 2 N–H and O–H groups in total. The van der Waals surface area contributed by atoms with Crippen LogP contribution in [0.3, 0.4) is 0 Å². The summed E-state index contributed by atoms with van der Waals surface area (Å²) in [6, 6.07) is 5.11. The molecule has 0 spiro atoms. The highest BCUT2D eigenvalue weighted by molar-refractivity contribution is 5.96. The molecule has 0 aliphatic carbocycles. The monoisotopic (exact) mass is 226 g/mol. The first-order valence-electron chi connectivity index (χ1n) is 4.35. The standard InChI is InChI=1S/C9H10N4O.ClH/c1-2-13-8-5-6(9(10)14)3-4-7(8)11-12-13;/h3-5H,2H2,1H3,(H2,10,14);1H. The zero-order valence-corrected chi connectivity index (χ0v) is 8.99. The molecule has 0 radical (unpaired) electrons. The summed E-state index contributed by atoms with van der Waals surface area (Å²) in [4.78, 5) is 10.9. The fourth-order valence-corrected chi connectivity index (χ4v) is 1.35. The lowest BCUT2D eigenvalue weighted by Crippen LogP contribution is -2.10. The first-order chi connectivity index (χ1) is 6.72. The maximum atomic E-state index is 10.9. The number of aromatic nitrogens is 3. The second-order valence-electron chi connectivity index (χ2n) is 2.97. The van der Waals surface area contributed by atoms with E-state index >= 15 is 0 Å². The third-order valence-electron chi connectivity index (χ3n) is 2.10. The number of nitrogens with zero attached hydrogens (tertiary/aromatic N) is 3. The zero-order chi connectivity index (χ0) is 10.1. The van der Waals surface area contributed by atoms with Gasteiger partial charge in [0.2, 0.25) is 5.91 Å². The van der Waals surface area contributed by atoms with Gasteiger partial charge in [-0.3, -0.25) is 4.79 Å². The summed E-state index contributed by atoms with van der Waals surface area (Å²) in [5.41, 5.74) is 7.27. The van der Waals surface area contributed by atoms with Crippen LogP contribution in [0, 0.1) is 0 Å². The molecule has 5 nitrogen and oxygen atoms in total. The van der Waals surface area contributed by atoms with Gasteiger partial charge < -0.3 is 5.73 Å². The Labute approximate surface area is 92.7 Å². The van der Waals surface area contributed by atoms with Gasteiger partial charge in [0.1, 0.15) is 5.52 Å². The summed E-state index contributed by atoms with van der Waals surface area (Å²) in [5, 5.41) is 7.88. The third kappa shape index (κ3) is 1.92. The molecular formula is C9H11ClN4O.